The molecule has 5 heteroatoms. The van der Waals surface area contributed by atoms with Crippen LogP contribution < -0.4 is 10.6 Å². The molecule has 2 aromatic rings. The fraction of sp³-hybridized carbons (Fsp3) is 0.333. The Balaban J connectivity index is 1.71. The van der Waals surface area contributed by atoms with Gasteiger partial charge >= 0.3 is 0 Å². The number of carbonyl (C=O) groups is 1. The lowest BCUT2D eigenvalue weighted by atomic mass is 9.90. The monoisotopic (exact) mass is 270 g/mol. The maximum atomic E-state index is 12.4. The topological polar surface area (TPSA) is 69.8 Å². The van der Waals surface area contributed by atoms with E-state index in [0.29, 0.717) is 13.1 Å². The molecule has 1 aromatic heterocycles. The van der Waals surface area contributed by atoms with Gasteiger partial charge in [0.05, 0.1) is 12.1 Å². The Kier molecular flexibility index (Phi) is 3.52. The van der Waals surface area contributed by atoms with Crippen LogP contribution in [0.15, 0.2) is 30.5 Å². The molecule has 0 bridgehead atoms. The summed E-state index contributed by atoms with van der Waals surface area (Å²) >= 11 is 0. The molecule has 3 N–H and O–H groups in total. The third-order valence-electron chi connectivity index (χ3n) is 3.80. The van der Waals surface area contributed by atoms with Crippen LogP contribution in [0.5, 0.6) is 0 Å². The Hall–Kier alpha value is -2.14. The highest BCUT2D eigenvalue weighted by Gasteiger charge is 2.25. The van der Waals surface area contributed by atoms with E-state index in [1.165, 1.54) is 5.56 Å². The smallest absolute Gasteiger partial charge is 0.229 e. The summed E-state index contributed by atoms with van der Waals surface area (Å²) in [5, 5.41) is 13.1. The first kappa shape index (κ1) is 12.9. The van der Waals surface area contributed by atoms with Crippen LogP contribution in [-0.4, -0.2) is 22.6 Å². The molecule has 1 amide bonds. The number of hydrogen-bond acceptors (Lipinski definition) is 3. The molecule has 1 aromatic carbocycles. The number of aromatic nitrogens is 2. The second-order valence-electron chi connectivity index (χ2n) is 5.12. The Morgan fingerprint density at radius 3 is 3.10 bits per heavy atom. The van der Waals surface area contributed by atoms with Crippen LogP contribution in [0, 0.1) is 6.92 Å². The Bertz CT molecular complexity index is 620. The predicted molar refractivity (Wildman–Crippen MR) is 76.1 cm³/mol. The fourth-order valence-corrected chi connectivity index (χ4v) is 2.59. The minimum atomic E-state index is -0.118. The number of amides is 1. The number of nitrogens with one attached hydrogen (secondary N) is 3. The van der Waals surface area contributed by atoms with Crippen molar-refractivity contribution in [1.82, 2.24) is 20.8 Å². The highest BCUT2D eigenvalue weighted by atomic mass is 16.1. The number of carbonyl (C=O) groups excluding carboxylic acids is 1. The molecule has 1 aliphatic heterocycles. The maximum absolute atomic E-state index is 12.4. The van der Waals surface area contributed by atoms with Gasteiger partial charge in [0.25, 0.3) is 0 Å². The molecule has 2 heterocycles. The van der Waals surface area contributed by atoms with Gasteiger partial charge < -0.3 is 10.6 Å². The lowest BCUT2D eigenvalue weighted by Gasteiger charge is -2.25. The van der Waals surface area contributed by atoms with Crippen molar-refractivity contribution in [3.8, 4) is 0 Å². The molecule has 104 valence electrons. The molecule has 3 rings (SSSR count). The average molecular weight is 270 g/mol. The lowest BCUT2D eigenvalue weighted by Crippen LogP contribution is -2.38. The summed E-state index contributed by atoms with van der Waals surface area (Å²) in [5.74, 6) is -0.0580. The molecule has 0 aliphatic carbocycles. The van der Waals surface area contributed by atoms with E-state index in [1.54, 1.807) is 6.20 Å². The molecule has 1 unspecified atom stereocenters. The normalized spacial score (nSPS) is 17.6. The predicted octanol–water partition coefficient (Wildman–Crippen LogP) is 1.22. The standard InChI is InChI=1S/C15H18N4O/c1-10-12(8-18-19-10)7-17-15(20)14-9-16-6-11-4-2-3-5-13(11)14/h2-5,8,14,16H,6-7,9H2,1H3,(H,17,20)(H,18,19). The number of benzene rings is 1. The van der Waals surface area contributed by atoms with Gasteiger partial charge in [0.1, 0.15) is 0 Å². The molecular formula is C15H18N4O. The Labute approximate surface area is 117 Å². The van der Waals surface area contributed by atoms with E-state index < -0.39 is 0 Å². The van der Waals surface area contributed by atoms with Crippen molar-refractivity contribution in [3.63, 3.8) is 0 Å². The zero-order valence-corrected chi connectivity index (χ0v) is 11.4. The number of nitrogens with zero attached hydrogens (tertiary/aromatic N) is 1. The molecule has 0 spiro atoms. The number of hydrogen-bond donors (Lipinski definition) is 3. The third-order valence-corrected chi connectivity index (χ3v) is 3.80. The minimum Gasteiger partial charge on any atom is -0.351 e. The van der Waals surface area contributed by atoms with Crippen molar-refractivity contribution in [3.05, 3.63) is 52.8 Å². The SMILES string of the molecule is Cc1[nH]ncc1CNC(=O)C1CNCc2ccccc21. The van der Waals surface area contributed by atoms with E-state index >= 15 is 0 Å². The molecule has 5 nitrogen and oxygen atoms in total. The molecule has 0 radical (unpaired) electrons. The van der Waals surface area contributed by atoms with Crippen LogP contribution >= 0.6 is 0 Å². The van der Waals surface area contributed by atoms with E-state index in [1.807, 2.05) is 25.1 Å². The molecule has 1 aliphatic rings. The van der Waals surface area contributed by atoms with E-state index in [4.69, 9.17) is 0 Å². The van der Waals surface area contributed by atoms with E-state index in [0.717, 1.165) is 23.4 Å². The van der Waals surface area contributed by atoms with Gasteiger partial charge in [-0.2, -0.15) is 5.10 Å². The summed E-state index contributed by atoms with van der Waals surface area (Å²) in [5.41, 5.74) is 4.36. The first-order valence-electron chi connectivity index (χ1n) is 6.81. The first-order valence-corrected chi connectivity index (χ1v) is 6.81. The fourth-order valence-electron chi connectivity index (χ4n) is 2.59. The molecule has 0 saturated carbocycles. The van der Waals surface area contributed by atoms with Crippen LogP contribution in [-0.2, 0) is 17.9 Å². The van der Waals surface area contributed by atoms with E-state index in [2.05, 4.69) is 26.9 Å². The Morgan fingerprint density at radius 1 is 1.45 bits per heavy atom. The van der Waals surface area contributed by atoms with Crippen molar-refractivity contribution >= 4 is 5.91 Å². The summed E-state index contributed by atoms with van der Waals surface area (Å²) < 4.78 is 0. The van der Waals surface area contributed by atoms with Crippen molar-refractivity contribution in [2.45, 2.75) is 25.9 Å². The van der Waals surface area contributed by atoms with Gasteiger partial charge in [-0.25, -0.2) is 0 Å². The zero-order chi connectivity index (χ0) is 13.9. The highest BCUT2D eigenvalue weighted by Crippen LogP contribution is 2.23. The van der Waals surface area contributed by atoms with Gasteiger partial charge in [0.2, 0.25) is 5.91 Å². The Morgan fingerprint density at radius 2 is 2.30 bits per heavy atom. The van der Waals surface area contributed by atoms with Gasteiger partial charge in [-0.3, -0.25) is 9.89 Å². The largest absolute Gasteiger partial charge is 0.351 e. The van der Waals surface area contributed by atoms with Gasteiger partial charge in [0, 0.05) is 30.9 Å². The summed E-state index contributed by atoms with van der Waals surface area (Å²) in [4.78, 5) is 12.4. The first-order chi connectivity index (χ1) is 9.75. The summed E-state index contributed by atoms with van der Waals surface area (Å²) in [6.45, 7) is 3.99. The molecule has 0 fully saturated rings. The molecule has 20 heavy (non-hydrogen) atoms. The number of H-pyrrole nitrogens is 1. The molecule has 0 saturated heterocycles. The van der Waals surface area contributed by atoms with Crippen LogP contribution in [0.3, 0.4) is 0 Å². The number of aromatic amines is 1. The molecule has 1 atom stereocenters. The summed E-state index contributed by atoms with van der Waals surface area (Å²) in [6.07, 6.45) is 1.75. The zero-order valence-electron chi connectivity index (χ0n) is 11.4. The van der Waals surface area contributed by atoms with Crippen LogP contribution in [0.4, 0.5) is 0 Å². The van der Waals surface area contributed by atoms with Gasteiger partial charge in [-0.05, 0) is 18.1 Å². The van der Waals surface area contributed by atoms with Gasteiger partial charge in [-0.1, -0.05) is 24.3 Å². The van der Waals surface area contributed by atoms with E-state index in [9.17, 15) is 4.79 Å². The average Bonchev–Trinajstić information content (AvgIpc) is 2.89. The van der Waals surface area contributed by atoms with Crippen LogP contribution in [0.2, 0.25) is 0 Å². The minimum absolute atomic E-state index is 0.0604. The quantitative estimate of drug-likeness (QED) is 0.785. The lowest BCUT2D eigenvalue weighted by molar-refractivity contribution is -0.122. The summed E-state index contributed by atoms with van der Waals surface area (Å²) in [7, 11) is 0. The second-order valence-corrected chi connectivity index (χ2v) is 5.12. The maximum Gasteiger partial charge on any atom is 0.229 e. The number of aryl methyl sites for hydroxylation is 1. The number of fused-ring (bicyclic) bond motifs is 1. The highest BCUT2D eigenvalue weighted by molar-refractivity contribution is 5.84. The van der Waals surface area contributed by atoms with Crippen LogP contribution in [0.25, 0.3) is 0 Å². The molecular weight excluding hydrogens is 252 g/mol. The van der Waals surface area contributed by atoms with Crippen LogP contribution in [0.1, 0.15) is 28.3 Å². The van der Waals surface area contributed by atoms with Crippen molar-refractivity contribution in [2.24, 2.45) is 0 Å². The second kappa shape index (κ2) is 5.46. The van der Waals surface area contributed by atoms with Crippen molar-refractivity contribution in [1.29, 1.82) is 0 Å². The van der Waals surface area contributed by atoms with E-state index in [-0.39, 0.29) is 11.8 Å². The van der Waals surface area contributed by atoms with Crippen molar-refractivity contribution < 1.29 is 4.79 Å². The van der Waals surface area contributed by atoms with Gasteiger partial charge in [0.15, 0.2) is 0 Å². The number of rotatable bonds is 3. The third kappa shape index (κ3) is 2.44. The van der Waals surface area contributed by atoms with Gasteiger partial charge in [-0.15, -0.1) is 0 Å². The van der Waals surface area contributed by atoms with Crippen molar-refractivity contribution in [2.75, 3.05) is 6.54 Å². The summed E-state index contributed by atoms with van der Waals surface area (Å²) in [6, 6.07) is 8.12.